The van der Waals surface area contributed by atoms with Crippen LogP contribution in [-0.2, 0) is 4.79 Å². The molecule has 25 heavy (non-hydrogen) atoms. The molecule has 1 aromatic carbocycles. The number of aromatic nitrogens is 2. The Hall–Kier alpha value is -2.39. The molecule has 0 unspecified atom stereocenters. The summed E-state index contributed by atoms with van der Waals surface area (Å²) < 4.78 is 0. The molecule has 0 aliphatic heterocycles. The topological polar surface area (TPSA) is 69.9 Å². The second kappa shape index (κ2) is 9.19. The van der Waals surface area contributed by atoms with Gasteiger partial charge in [0, 0.05) is 19.2 Å². The minimum atomic E-state index is 0.0415. The standard InChI is InChI=1S/C19H22N4OS/c1-4-5-11-23(3)17(24)13-25-19-16(12-20)14(2)21-18(22-19)15-9-7-6-8-10-15/h6-10H,4-5,11,13H2,1-3H3. The third kappa shape index (κ3) is 5.04. The van der Waals surface area contributed by atoms with E-state index in [4.69, 9.17) is 0 Å². The number of nitriles is 1. The number of hydrogen-bond acceptors (Lipinski definition) is 5. The van der Waals surface area contributed by atoms with Crippen LogP contribution in [0.2, 0.25) is 0 Å². The van der Waals surface area contributed by atoms with Gasteiger partial charge in [-0.25, -0.2) is 9.97 Å². The van der Waals surface area contributed by atoms with Crippen LogP contribution in [0.5, 0.6) is 0 Å². The molecule has 0 aliphatic carbocycles. The third-order valence-corrected chi connectivity index (χ3v) is 4.77. The number of benzene rings is 1. The van der Waals surface area contributed by atoms with Crippen LogP contribution in [0.3, 0.4) is 0 Å². The van der Waals surface area contributed by atoms with Gasteiger partial charge in [-0.2, -0.15) is 5.26 Å². The fourth-order valence-electron chi connectivity index (χ4n) is 2.26. The lowest BCUT2D eigenvalue weighted by molar-refractivity contribution is -0.127. The van der Waals surface area contributed by atoms with E-state index in [9.17, 15) is 10.1 Å². The summed E-state index contributed by atoms with van der Waals surface area (Å²) >= 11 is 1.30. The Morgan fingerprint density at radius 2 is 2.00 bits per heavy atom. The molecule has 6 heteroatoms. The van der Waals surface area contributed by atoms with Gasteiger partial charge in [0.1, 0.15) is 16.7 Å². The van der Waals surface area contributed by atoms with Gasteiger partial charge < -0.3 is 4.90 Å². The average Bonchev–Trinajstić information content (AvgIpc) is 2.64. The number of carbonyl (C=O) groups excluding carboxylic acids is 1. The molecule has 1 aromatic heterocycles. The summed E-state index contributed by atoms with van der Waals surface area (Å²) in [6, 6.07) is 11.8. The normalized spacial score (nSPS) is 10.3. The zero-order valence-corrected chi connectivity index (χ0v) is 15.6. The largest absolute Gasteiger partial charge is 0.345 e. The number of unbranched alkanes of at least 4 members (excludes halogenated alkanes) is 1. The van der Waals surface area contributed by atoms with Crippen LogP contribution in [0, 0.1) is 18.3 Å². The number of aryl methyl sites for hydroxylation is 1. The highest BCUT2D eigenvalue weighted by atomic mass is 32.2. The Labute approximate surface area is 153 Å². The van der Waals surface area contributed by atoms with Crippen molar-refractivity contribution in [3.8, 4) is 17.5 Å². The summed E-state index contributed by atoms with van der Waals surface area (Å²) in [4.78, 5) is 22.9. The van der Waals surface area contributed by atoms with E-state index in [1.54, 1.807) is 11.8 Å². The van der Waals surface area contributed by atoms with Crippen molar-refractivity contribution < 1.29 is 4.79 Å². The highest BCUT2D eigenvalue weighted by Gasteiger charge is 2.16. The van der Waals surface area contributed by atoms with Gasteiger partial charge in [0.2, 0.25) is 5.91 Å². The molecule has 0 bridgehead atoms. The molecule has 0 saturated heterocycles. The first-order valence-electron chi connectivity index (χ1n) is 8.27. The monoisotopic (exact) mass is 354 g/mol. The van der Waals surface area contributed by atoms with Crippen molar-refractivity contribution in [1.29, 1.82) is 5.26 Å². The van der Waals surface area contributed by atoms with Gasteiger partial charge in [-0.05, 0) is 13.3 Å². The Bertz CT molecular complexity index is 771. The number of thioether (sulfide) groups is 1. The van der Waals surface area contributed by atoms with E-state index in [1.807, 2.05) is 37.4 Å². The van der Waals surface area contributed by atoms with Gasteiger partial charge in [-0.3, -0.25) is 4.79 Å². The molecule has 0 N–H and O–H groups in total. The predicted octanol–water partition coefficient (Wildman–Crippen LogP) is 3.67. The van der Waals surface area contributed by atoms with E-state index >= 15 is 0 Å². The first-order valence-corrected chi connectivity index (χ1v) is 9.26. The molecule has 1 heterocycles. The summed E-state index contributed by atoms with van der Waals surface area (Å²) in [5.41, 5.74) is 1.96. The van der Waals surface area contributed by atoms with Crippen molar-refractivity contribution in [2.45, 2.75) is 31.7 Å². The molecule has 2 aromatic rings. The smallest absolute Gasteiger partial charge is 0.232 e. The van der Waals surface area contributed by atoms with E-state index in [0.29, 0.717) is 22.1 Å². The maximum absolute atomic E-state index is 12.2. The Morgan fingerprint density at radius 1 is 1.28 bits per heavy atom. The van der Waals surface area contributed by atoms with Crippen LogP contribution >= 0.6 is 11.8 Å². The Balaban J connectivity index is 2.20. The van der Waals surface area contributed by atoms with Gasteiger partial charge in [0.15, 0.2) is 5.82 Å². The van der Waals surface area contributed by atoms with E-state index in [0.717, 1.165) is 24.9 Å². The Morgan fingerprint density at radius 3 is 2.64 bits per heavy atom. The average molecular weight is 354 g/mol. The van der Waals surface area contributed by atoms with Crippen LogP contribution in [0.15, 0.2) is 35.4 Å². The van der Waals surface area contributed by atoms with Gasteiger partial charge in [-0.1, -0.05) is 55.4 Å². The molecule has 0 atom stereocenters. The first kappa shape index (κ1) is 18.9. The molecule has 0 fully saturated rings. The number of carbonyl (C=O) groups is 1. The zero-order chi connectivity index (χ0) is 18.2. The van der Waals surface area contributed by atoms with Crippen LogP contribution in [0.1, 0.15) is 31.0 Å². The third-order valence-electron chi connectivity index (χ3n) is 3.81. The van der Waals surface area contributed by atoms with Crippen LogP contribution in [0.25, 0.3) is 11.4 Å². The summed E-state index contributed by atoms with van der Waals surface area (Å²) in [5.74, 6) is 0.880. The quantitative estimate of drug-likeness (QED) is 0.560. The lowest BCUT2D eigenvalue weighted by Crippen LogP contribution is -2.29. The molecular formula is C19H22N4OS. The molecule has 2 rings (SSSR count). The fraction of sp³-hybridized carbons (Fsp3) is 0.368. The molecular weight excluding hydrogens is 332 g/mol. The van der Waals surface area contributed by atoms with Crippen molar-refractivity contribution in [2.75, 3.05) is 19.3 Å². The van der Waals surface area contributed by atoms with E-state index in [2.05, 4.69) is 23.0 Å². The second-order valence-corrected chi connectivity index (χ2v) is 6.71. The highest BCUT2D eigenvalue weighted by Crippen LogP contribution is 2.26. The van der Waals surface area contributed by atoms with Gasteiger partial charge in [-0.15, -0.1) is 0 Å². The number of amides is 1. The van der Waals surface area contributed by atoms with Crippen molar-refractivity contribution in [3.05, 3.63) is 41.6 Å². The number of rotatable bonds is 7. The Kier molecular flexibility index (Phi) is 6.96. The van der Waals surface area contributed by atoms with Gasteiger partial charge in [0.25, 0.3) is 0 Å². The van der Waals surface area contributed by atoms with Crippen molar-refractivity contribution >= 4 is 17.7 Å². The maximum Gasteiger partial charge on any atom is 0.232 e. The van der Waals surface area contributed by atoms with Gasteiger partial charge in [0.05, 0.1) is 11.4 Å². The van der Waals surface area contributed by atoms with Crippen molar-refractivity contribution in [1.82, 2.24) is 14.9 Å². The van der Waals surface area contributed by atoms with E-state index in [1.165, 1.54) is 11.8 Å². The summed E-state index contributed by atoms with van der Waals surface area (Å²) in [6.07, 6.45) is 2.04. The lowest BCUT2D eigenvalue weighted by Gasteiger charge is -2.16. The molecule has 0 aliphatic rings. The second-order valence-electron chi connectivity index (χ2n) is 5.75. The molecule has 1 amide bonds. The maximum atomic E-state index is 12.2. The van der Waals surface area contributed by atoms with Crippen molar-refractivity contribution in [2.24, 2.45) is 0 Å². The number of nitrogens with zero attached hydrogens (tertiary/aromatic N) is 4. The first-order chi connectivity index (χ1) is 12.1. The number of hydrogen-bond donors (Lipinski definition) is 0. The van der Waals surface area contributed by atoms with Crippen molar-refractivity contribution in [3.63, 3.8) is 0 Å². The minimum absolute atomic E-state index is 0.0415. The van der Waals surface area contributed by atoms with Crippen LogP contribution in [-0.4, -0.2) is 40.1 Å². The predicted molar refractivity (Wildman–Crippen MR) is 100 cm³/mol. The van der Waals surface area contributed by atoms with Crippen LogP contribution < -0.4 is 0 Å². The molecule has 130 valence electrons. The summed E-state index contributed by atoms with van der Waals surface area (Å²) in [6.45, 7) is 4.64. The van der Waals surface area contributed by atoms with E-state index in [-0.39, 0.29) is 11.7 Å². The zero-order valence-electron chi connectivity index (χ0n) is 14.8. The summed E-state index contributed by atoms with van der Waals surface area (Å²) in [5, 5.41) is 9.97. The van der Waals surface area contributed by atoms with Crippen LogP contribution in [0.4, 0.5) is 0 Å². The fourth-order valence-corrected chi connectivity index (χ4v) is 3.23. The molecule has 0 saturated carbocycles. The highest BCUT2D eigenvalue weighted by molar-refractivity contribution is 8.00. The SMILES string of the molecule is CCCCN(C)C(=O)CSc1nc(-c2ccccc2)nc(C)c1C#N. The molecule has 5 nitrogen and oxygen atoms in total. The van der Waals surface area contributed by atoms with E-state index < -0.39 is 0 Å². The molecule has 0 radical (unpaired) electrons. The van der Waals surface area contributed by atoms with Gasteiger partial charge >= 0.3 is 0 Å². The minimum Gasteiger partial charge on any atom is -0.345 e. The lowest BCUT2D eigenvalue weighted by atomic mass is 10.2. The summed E-state index contributed by atoms with van der Waals surface area (Å²) in [7, 11) is 1.81. The molecule has 0 spiro atoms.